The number of nitrogens with one attached hydrogen (secondary N) is 1. The summed E-state index contributed by atoms with van der Waals surface area (Å²) in [6.07, 6.45) is 0. The van der Waals surface area contributed by atoms with E-state index in [4.69, 9.17) is 4.74 Å². The third-order valence-corrected chi connectivity index (χ3v) is 5.57. The molecule has 0 aliphatic carbocycles. The molecule has 0 saturated carbocycles. The molecule has 2 amide bonds. The van der Waals surface area contributed by atoms with Crippen LogP contribution in [0.1, 0.15) is 31.9 Å². The Morgan fingerprint density at radius 3 is 1.97 bits per heavy atom. The largest absolute Gasteiger partial charge is 0.497 e. The second-order valence-corrected chi connectivity index (χ2v) is 8.85. The molecule has 168 valence electrons. The zero-order valence-corrected chi connectivity index (χ0v) is 19.0. The smallest absolute Gasteiger partial charge is 0.282 e. The summed E-state index contributed by atoms with van der Waals surface area (Å²) in [5.74, 6) is -0.692. The van der Waals surface area contributed by atoms with Crippen molar-refractivity contribution in [3.05, 3.63) is 95.4 Å². The van der Waals surface area contributed by atoms with Crippen molar-refractivity contribution in [1.29, 1.82) is 0 Å². The highest BCUT2D eigenvalue weighted by atomic mass is 19.1. The monoisotopic (exact) mass is 444 g/mol. The van der Waals surface area contributed by atoms with E-state index < -0.39 is 17.6 Å². The van der Waals surface area contributed by atoms with Crippen LogP contribution in [0, 0.1) is 5.82 Å². The van der Waals surface area contributed by atoms with Gasteiger partial charge in [0.25, 0.3) is 11.8 Å². The number of nitrogens with zero attached hydrogens (tertiary/aromatic N) is 1. The number of ether oxygens (including phenoxy) is 1. The summed E-state index contributed by atoms with van der Waals surface area (Å²) in [6, 6.07) is 19.9. The van der Waals surface area contributed by atoms with Gasteiger partial charge >= 0.3 is 0 Å². The van der Waals surface area contributed by atoms with Crippen LogP contribution in [0.4, 0.5) is 15.8 Å². The van der Waals surface area contributed by atoms with Crippen LogP contribution in [0.3, 0.4) is 0 Å². The van der Waals surface area contributed by atoms with Crippen LogP contribution < -0.4 is 15.0 Å². The Hall–Kier alpha value is -3.93. The molecule has 0 radical (unpaired) electrons. The number of carbonyl (C=O) groups excluding carboxylic acids is 2. The van der Waals surface area contributed by atoms with E-state index in [9.17, 15) is 14.0 Å². The normalized spacial score (nSPS) is 14.2. The maximum absolute atomic E-state index is 13.5. The number of carbonyl (C=O) groups is 2. The lowest BCUT2D eigenvalue weighted by molar-refractivity contribution is -0.120. The quantitative estimate of drug-likeness (QED) is 0.526. The first-order valence-electron chi connectivity index (χ1n) is 10.6. The van der Waals surface area contributed by atoms with E-state index in [1.807, 2.05) is 12.1 Å². The Labute approximate surface area is 192 Å². The molecule has 0 atom stereocenters. The number of methoxy groups -OCH3 is 1. The van der Waals surface area contributed by atoms with E-state index >= 15 is 0 Å². The Balaban J connectivity index is 1.75. The molecule has 4 rings (SSSR count). The van der Waals surface area contributed by atoms with Crippen molar-refractivity contribution in [1.82, 2.24) is 0 Å². The molecule has 33 heavy (non-hydrogen) atoms. The van der Waals surface area contributed by atoms with E-state index in [-0.39, 0.29) is 16.7 Å². The summed E-state index contributed by atoms with van der Waals surface area (Å²) < 4.78 is 18.7. The van der Waals surface area contributed by atoms with Crippen LogP contribution in [0.5, 0.6) is 5.75 Å². The number of amides is 2. The van der Waals surface area contributed by atoms with Gasteiger partial charge in [0.15, 0.2) is 0 Å². The summed E-state index contributed by atoms with van der Waals surface area (Å²) >= 11 is 0. The molecular weight excluding hydrogens is 419 g/mol. The summed E-state index contributed by atoms with van der Waals surface area (Å²) in [6.45, 7) is 6.29. The van der Waals surface area contributed by atoms with Gasteiger partial charge in [0.05, 0.1) is 18.4 Å². The molecule has 0 saturated heterocycles. The fourth-order valence-electron chi connectivity index (χ4n) is 3.69. The minimum absolute atomic E-state index is 0.0594. The van der Waals surface area contributed by atoms with Crippen molar-refractivity contribution in [2.45, 2.75) is 26.2 Å². The molecule has 0 fully saturated rings. The fraction of sp³-hybridized carbons (Fsp3) is 0.185. The third kappa shape index (κ3) is 4.37. The highest BCUT2D eigenvalue weighted by Crippen LogP contribution is 2.35. The molecule has 1 heterocycles. The first-order chi connectivity index (χ1) is 15.7. The zero-order valence-electron chi connectivity index (χ0n) is 19.0. The van der Waals surface area contributed by atoms with E-state index in [2.05, 4.69) is 26.1 Å². The number of halogens is 1. The molecular formula is C27H25FN2O3. The van der Waals surface area contributed by atoms with Gasteiger partial charge in [0.2, 0.25) is 0 Å². The van der Waals surface area contributed by atoms with Gasteiger partial charge in [-0.1, -0.05) is 45.0 Å². The maximum atomic E-state index is 13.5. The molecule has 1 aliphatic rings. The molecule has 3 aromatic rings. The van der Waals surface area contributed by atoms with E-state index in [1.165, 1.54) is 24.3 Å². The Kier molecular flexibility index (Phi) is 5.77. The van der Waals surface area contributed by atoms with Crippen LogP contribution in [-0.2, 0) is 15.0 Å². The van der Waals surface area contributed by atoms with Crippen molar-refractivity contribution in [3.63, 3.8) is 0 Å². The molecule has 1 N–H and O–H groups in total. The lowest BCUT2D eigenvalue weighted by atomic mass is 9.87. The molecule has 0 spiro atoms. The second kappa shape index (κ2) is 8.54. The average molecular weight is 445 g/mol. The molecule has 5 nitrogen and oxygen atoms in total. The van der Waals surface area contributed by atoms with Gasteiger partial charge in [-0.25, -0.2) is 9.29 Å². The van der Waals surface area contributed by atoms with Gasteiger partial charge in [-0.15, -0.1) is 0 Å². The van der Waals surface area contributed by atoms with Gasteiger partial charge in [-0.2, -0.15) is 0 Å². The number of hydrogen-bond acceptors (Lipinski definition) is 4. The predicted molar refractivity (Wildman–Crippen MR) is 128 cm³/mol. The zero-order chi connectivity index (χ0) is 23.8. The highest BCUT2D eigenvalue weighted by molar-refractivity contribution is 6.46. The van der Waals surface area contributed by atoms with E-state index in [0.29, 0.717) is 22.7 Å². The molecule has 0 bridgehead atoms. The molecule has 1 aliphatic heterocycles. The highest BCUT2D eigenvalue weighted by Gasteiger charge is 2.40. The number of anilines is 2. The van der Waals surface area contributed by atoms with Crippen molar-refractivity contribution in [3.8, 4) is 5.75 Å². The summed E-state index contributed by atoms with van der Waals surface area (Å²) in [5, 5.41) is 3.09. The SMILES string of the molecule is COc1ccc(NC2=C(c3ccc(F)cc3)C(=O)N(c3ccc(C(C)(C)C)cc3)C2=O)cc1. The maximum Gasteiger partial charge on any atom is 0.282 e. The van der Waals surface area contributed by atoms with Gasteiger partial charge in [-0.05, 0) is 65.1 Å². The third-order valence-electron chi connectivity index (χ3n) is 5.57. The van der Waals surface area contributed by atoms with E-state index in [0.717, 1.165) is 10.5 Å². The standard InChI is InChI=1S/C27H25FN2O3/c1-27(2,3)18-7-13-21(14-8-18)30-25(31)23(17-5-9-19(28)10-6-17)24(26(30)32)29-20-11-15-22(33-4)16-12-20/h5-16,29H,1-4H3. The minimum atomic E-state index is -0.473. The topological polar surface area (TPSA) is 58.6 Å². The lowest BCUT2D eigenvalue weighted by Crippen LogP contribution is -2.32. The van der Waals surface area contributed by atoms with Crippen molar-refractivity contribution in [2.24, 2.45) is 0 Å². The Morgan fingerprint density at radius 2 is 1.42 bits per heavy atom. The van der Waals surface area contributed by atoms with Crippen LogP contribution >= 0.6 is 0 Å². The van der Waals surface area contributed by atoms with Crippen molar-refractivity contribution >= 4 is 28.8 Å². The molecule has 3 aromatic carbocycles. The summed E-state index contributed by atoms with van der Waals surface area (Å²) in [5.41, 5.74) is 2.91. The van der Waals surface area contributed by atoms with Crippen LogP contribution in [-0.4, -0.2) is 18.9 Å². The number of imide groups is 1. The first-order valence-corrected chi connectivity index (χ1v) is 10.6. The first kappa shape index (κ1) is 22.3. The lowest BCUT2D eigenvalue weighted by Gasteiger charge is -2.21. The minimum Gasteiger partial charge on any atom is -0.497 e. The summed E-state index contributed by atoms with van der Waals surface area (Å²) in [7, 11) is 1.57. The summed E-state index contributed by atoms with van der Waals surface area (Å²) in [4.78, 5) is 28.1. The molecule has 6 heteroatoms. The van der Waals surface area contributed by atoms with Crippen LogP contribution in [0.25, 0.3) is 5.57 Å². The van der Waals surface area contributed by atoms with E-state index in [1.54, 1.807) is 43.5 Å². The van der Waals surface area contributed by atoms with Crippen LogP contribution in [0.15, 0.2) is 78.5 Å². The second-order valence-electron chi connectivity index (χ2n) is 8.85. The van der Waals surface area contributed by atoms with Crippen LogP contribution in [0.2, 0.25) is 0 Å². The van der Waals surface area contributed by atoms with Crippen molar-refractivity contribution in [2.75, 3.05) is 17.3 Å². The average Bonchev–Trinajstić information content (AvgIpc) is 3.04. The van der Waals surface area contributed by atoms with Gasteiger partial charge in [-0.3, -0.25) is 9.59 Å². The van der Waals surface area contributed by atoms with Gasteiger partial charge < -0.3 is 10.1 Å². The number of hydrogen-bond donors (Lipinski definition) is 1. The Bertz CT molecular complexity index is 1220. The Morgan fingerprint density at radius 1 is 0.818 bits per heavy atom. The van der Waals surface area contributed by atoms with Gasteiger partial charge in [0, 0.05) is 5.69 Å². The number of rotatable bonds is 5. The van der Waals surface area contributed by atoms with Crippen molar-refractivity contribution < 1.29 is 18.7 Å². The molecule has 0 aromatic heterocycles. The number of benzene rings is 3. The van der Waals surface area contributed by atoms with Gasteiger partial charge in [0.1, 0.15) is 17.3 Å². The fourth-order valence-corrected chi connectivity index (χ4v) is 3.69. The molecule has 0 unspecified atom stereocenters. The predicted octanol–water partition coefficient (Wildman–Crippen LogP) is 5.53.